The zero-order valence-electron chi connectivity index (χ0n) is 35.1. The van der Waals surface area contributed by atoms with E-state index < -0.39 is 118 Å². The van der Waals surface area contributed by atoms with Crippen LogP contribution in [0.25, 0.3) is 11.0 Å². The summed E-state index contributed by atoms with van der Waals surface area (Å²) in [5.74, 6) is -6.08. The molecule has 5 aliphatic rings. The lowest BCUT2D eigenvalue weighted by molar-refractivity contribution is -0.210. The number of rotatable bonds is 9. The first kappa shape index (κ1) is 46.1. The summed E-state index contributed by atoms with van der Waals surface area (Å²) < 4.78 is 28.2. The summed E-state index contributed by atoms with van der Waals surface area (Å²) in [5, 5.41) is 80.8. The Morgan fingerprint density at radius 2 is 1.61 bits per heavy atom. The van der Waals surface area contributed by atoms with Crippen LogP contribution >= 0.6 is 11.6 Å². The lowest BCUT2D eigenvalue weighted by Gasteiger charge is -2.54. The number of Topliss-reactive ketones (excluding diaryl/α,β-unsaturated/α-hetero) is 1. The van der Waals surface area contributed by atoms with Gasteiger partial charge in [-0.1, -0.05) is 65.8 Å². The molecule has 20 heteroatoms. The Balaban J connectivity index is 0.943. The fourth-order valence-corrected chi connectivity index (χ4v) is 9.99. The lowest BCUT2D eigenvalue weighted by atomic mass is 9.50. The number of aliphatic hydroxyl groups is 4. The van der Waals surface area contributed by atoms with Crippen LogP contribution in [-0.4, -0.2) is 112 Å². The number of esters is 2. The zero-order valence-corrected chi connectivity index (χ0v) is 35.8. The number of ketones is 2. The van der Waals surface area contributed by atoms with E-state index in [1.807, 2.05) is 0 Å². The highest BCUT2D eigenvalue weighted by atomic mass is 35.5. The van der Waals surface area contributed by atoms with Gasteiger partial charge in [0.2, 0.25) is 17.3 Å². The van der Waals surface area contributed by atoms with Crippen LogP contribution in [0.1, 0.15) is 73.7 Å². The molecular formula is C46H42ClNO18. The standard InChI is InChI=1S/C46H42ClNO18/c1-20-16-29(51)45(61)43(60,18-20)19-30(52)44-41(58)33-24(40(57)46(44,45)66-44)13-12-23(36(33)55)27-17-28(38(21(2)62-27)63-22(3)49)64-32(54)11-9-7-5-4-6-8-10-31(53)48-35-37(56)25-14-15-26(50)34(47)39(25)65-42(35)59/h4-16,21,27-28,30,38,41,50,52,55-56,58,60-61H,17-19H2,1-3H3,(H,48,53)/t21-,27-,28-,30+,38-,41+,43-,44+,45-,46-/m1/s1. The minimum atomic E-state index is -2.88. The number of aromatic hydroxyl groups is 3. The summed E-state index contributed by atoms with van der Waals surface area (Å²) >= 11 is 5.94. The maximum Gasteiger partial charge on any atom is 0.364 e. The summed E-state index contributed by atoms with van der Waals surface area (Å²) in [6.45, 7) is 4.23. The van der Waals surface area contributed by atoms with E-state index in [4.69, 9.17) is 35.0 Å². The first-order valence-corrected chi connectivity index (χ1v) is 20.8. The van der Waals surface area contributed by atoms with E-state index in [0.29, 0.717) is 5.57 Å². The molecular weight excluding hydrogens is 890 g/mol. The molecule has 19 nitrogen and oxygen atoms in total. The number of nitrogens with one attached hydrogen (secondary N) is 1. The van der Waals surface area contributed by atoms with E-state index in [-0.39, 0.29) is 51.3 Å². The number of benzene rings is 2. The topological polar surface area (TPSA) is 309 Å². The first-order valence-electron chi connectivity index (χ1n) is 20.5. The molecule has 3 heterocycles. The predicted octanol–water partition coefficient (Wildman–Crippen LogP) is 3.00. The highest BCUT2D eigenvalue weighted by Crippen LogP contribution is 2.74. The van der Waals surface area contributed by atoms with Gasteiger partial charge in [0.05, 0.1) is 23.7 Å². The molecule has 0 spiro atoms. The van der Waals surface area contributed by atoms with Gasteiger partial charge in [0, 0.05) is 55.0 Å². The number of phenols is 2. The van der Waals surface area contributed by atoms with Crippen LogP contribution < -0.4 is 10.9 Å². The van der Waals surface area contributed by atoms with Gasteiger partial charge in [-0.05, 0) is 32.1 Å². The van der Waals surface area contributed by atoms with Crippen molar-refractivity contribution in [3.8, 4) is 17.2 Å². The molecule has 3 aromatic rings. The molecule has 0 radical (unpaired) electrons. The third-order valence-electron chi connectivity index (χ3n) is 12.7. The lowest BCUT2D eigenvalue weighted by Crippen LogP contribution is -2.78. The molecule has 0 bridgehead atoms. The Morgan fingerprint density at radius 1 is 0.924 bits per heavy atom. The summed E-state index contributed by atoms with van der Waals surface area (Å²) in [5.41, 5.74) is -12.3. The number of epoxide rings is 1. The average Bonchev–Trinajstić information content (AvgIpc) is 3.98. The van der Waals surface area contributed by atoms with Crippen LogP contribution in [0.2, 0.25) is 5.02 Å². The maximum atomic E-state index is 14.4. The van der Waals surface area contributed by atoms with Crippen molar-refractivity contribution in [1.29, 1.82) is 0 Å². The Morgan fingerprint density at radius 3 is 2.30 bits per heavy atom. The van der Waals surface area contributed by atoms with E-state index >= 15 is 0 Å². The number of amides is 1. The monoisotopic (exact) mass is 931 g/mol. The van der Waals surface area contributed by atoms with Crippen molar-refractivity contribution in [2.24, 2.45) is 0 Å². The minimum absolute atomic E-state index is 0.00805. The molecule has 0 unspecified atom stereocenters. The number of allylic oxidation sites excluding steroid dienone is 6. The second kappa shape index (κ2) is 16.5. The minimum Gasteiger partial charge on any atom is -0.507 e. The summed E-state index contributed by atoms with van der Waals surface area (Å²) in [7, 11) is 0. The van der Waals surface area contributed by atoms with Crippen molar-refractivity contribution in [3.63, 3.8) is 0 Å². The second-order valence-electron chi connectivity index (χ2n) is 16.7. The van der Waals surface area contributed by atoms with Crippen LogP contribution in [0.3, 0.4) is 0 Å². The van der Waals surface area contributed by atoms with E-state index in [9.17, 15) is 64.5 Å². The van der Waals surface area contributed by atoms with Gasteiger partial charge in [-0.2, -0.15) is 0 Å². The van der Waals surface area contributed by atoms with Crippen molar-refractivity contribution in [2.75, 3.05) is 5.32 Å². The number of aliphatic hydroxyl groups excluding tert-OH is 2. The number of carbonyl (C=O) groups is 5. The molecule has 1 saturated carbocycles. The van der Waals surface area contributed by atoms with Crippen molar-refractivity contribution in [1.82, 2.24) is 0 Å². The van der Waals surface area contributed by atoms with Crippen LogP contribution in [0.15, 0.2) is 93.7 Å². The van der Waals surface area contributed by atoms with Crippen LogP contribution in [-0.2, 0) is 38.1 Å². The summed E-state index contributed by atoms with van der Waals surface area (Å²) in [4.78, 5) is 77.7. The van der Waals surface area contributed by atoms with E-state index in [0.717, 1.165) is 25.2 Å². The highest BCUT2D eigenvalue weighted by Gasteiger charge is 2.96. The molecule has 2 aliphatic heterocycles. The molecule has 8 rings (SSSR count). The molecule has 3 fully saturated rings. The molecule has 3 aliphatic carbocycles. The van der Waals surface area contributed by atoms with Crippen molar-refractivity contribution < 1.29 is 83.1 Å². The predicted molar refractivity (Wildman–Crippen MR) is 227 cm³/mol. The number of fused-ring (bicyclic) bond motifs is 3. The number of halogens is 1. The zero-order chi connectivity index (χ0) is 47.8. The van der Waals surface area contributed by atoms with E-state index in [1.54, 1.807) is 6.92 Å². The third-order valence-corrected chi connectivity index (χ3v) is 13.0. The highest BCUT2D eigenvalue weighted by molar-refractivity contribution is 6.36. The molecule has 8 N–H and O–H groups in total. The number of hydrogen-bond acceptors (Lipinski definition) is 18. The van der Waals surface area contributed by atoms with E-state index in [2.05, 4.69) is 5.32 Å². The van der Waals surface area contributed by atoms with Gasteiger partial charge in [-0.25, -0.2) is 9.59 Å². The second-order valence-corrected chi connectivity index (χ2v) is 17.1. The molecule has 1 amide bonds. The van der Waals surface area contributed by atoms with Gasteiger partial charge in [0.1, 0.15) is 34.3 Å². The first-order chi connectivity index (χ1) is 31.1. The summed E-state index contributed by atoms with van der Waals surface area (Å²) in [6.07, 6.45) is 2.51. The summed E-state index contributed by atoms with van der Waals surface area (Å²) in [6, 6.07) is 4.95. The SMILES string of the molecule is CC(=O)O[C@@H]1[C@@H](C)O[C@@H](c2ccc3c(c2O)[C@H](O)[C@]24O[C@@]2(C3=O)[C@@]2(O)C(=O)C=C(C)C[C@@]2(O)C[C@@H]4O)C[C@H]1OC(=O)C=CC=CC=CC=CC(=O)Nc1c(O)c2ccc(O)c(Cl)c2oc1=O. The van der Waals surface area contributed by atoms with Gasteiger partial charge in [0.15, 0.2) is 40.1 Å². The molecule has 2 aromatic carbocycles. The van der Waals surface area contributed by atoms with E-state index in [1.165, 1.54) is 67.6 Å². The number of carbonyl (C=O) groups excluding carboxylic acids is 5. The fraction of sp³-hybridized carbons (Fsp3) is 0.348. The van der Waals surface area contributed by atoms with Gasteiger partial charge >= 0.3 is 17.6 Å². The molecule has 346 valence electrons. The molecule has 1 aromatic heterocycles. The third kappa shape index (κ3) is 6.88. The van der Waals surface area contributed by atoms with Crippen molar-refractivity contribution in [2.45, 2.75) is 99.1 Å². The quantitative estimate of drug-likeness (QED) is 0.0503. The van der Waals surface area contributed by atoms with Crippen LogP contribution in [0.4, 0.5) is 5.69 Å². The van der Waals surface area contributed by atoms with Crippen molar-refractivity contribution in [3.05, 3.63) is 117 Å². The fourth-order valence-electron chi connectivity index (χ4n) is 9.78. The molecule has 10 atom stereocenters. The smallest absolute Gasteiger partial charge is 0.364 e. The van der Waals surface area contributed by atoms with Crippen LogP contribution in [0, 0.1) is 0 Å². The average molecular weight is 932 g/mol. The van der Waals surface area contributed by atoms with Gasteiger partial charge in [-0.3, -0.25) is 19.2 Å². The number of ether oxygens (including phenoxy) is 4. The van der Waals surface area contributed by atoms with Gasteiger partial charge < -0.3 is 64.4 Å². The Kier molecular flexibility index (Phi) is 11.5. The Bertz CT molecular complexity index is 2840. The molecule has 66 heavy (non-hydrogen) atoms. The Hall–Kier alpha value is -6.45. The molecule has 2 saturated heterocycles. The van der Waals surface area contributed by atoms with Crippen LogP contribution in [0.5, 0.6) is 17.2 Å². The number of hydrogen-bond donors (Lipinski definition) is 8. The van der Waals surface area contributed by atoms with Crippen molar-refractivity contribution >= 4 is 57.7 Å². The van der Waals surface area contributed by atoms with Gasteiger partial charge in [-0.15, -0.1) is 0 Å². The number of anilines is 1. The largest absolute Gasteiger partial charge is 0.507 e. The maximum absolute atomic E-state index is 14.4. The number of phenolic OH excluding ortho intramolecular Hbond substituents is 2. The Labute approximate surface area is 378 Å². The normalized spacial score (nSPS) is 32.5. The van der Waals surface area contributed by atoms with Gasteiger partial charge in [0.25, 0.3) is 0 Å².